The van der Waals surface area contributed by atoms with E-state index < -0.39 is 0 Å². The van der Waals surface area contributed by atoms with Crippen LogP contribution in [0.1, 0.15) is 20.8 Å². The molecule has 1 aromatic heterocycles. The predicted octanol–water partition coefficient (Wildman–Crippen LogP) is 4.19. The van der Waals surface area contributed by atoms with Crippen molar-refractivity contribution in [1.82, 2.24) is 9.80 Å². The molecule has 7 heteroatoms. The Morgan fingerprint density at radius 2 is 1.93 bits per heavy atom. The number of rotatable bonds is 6. The highest BCUT2D eigenvalue weighted by Gasteiger charge is 2.21. The molecule has 0 saturated carbocycles. The molecule has 1 amide bonds. The van der Waals surface area contributed by atoms with E-state index in [9.17, 15) is 9.18 Å². The summed E-state index contributed by atoms with van der Waals surface area (Å²) >= 11 is 1.29. The molecule has 1 aliphatic rings. The van der Waals surface area contributed by atoms with Crippen LogP contribution in [-0.4, -0.2) is 56.0 Å². The number of hydrogen-bond donors (Lipinski definition) is 1. The maximum absolute atomic E-state index is 14.4. The molecule has 2 heterocycles. The van der Waals surface area contributed by atoms with E-state index in [4.69, 9.17) is 4.74 Å². The number of ether oxygens (including phenoxy) is 1. The molecule has 0 bridgehead atoms. The van der Waals surface area contributed by atoms with Crippen LogP contribution in [0, 0.1) is 5.82 Å². The van der Waals surface area contributed by atoms with Gasteiger partial charge in [-0.3, -0.25) is 9.69 Å². The predicted molar refractivity (Wildman–Crippen MR) is 120 cm³/mol. The normalized spacial score (nSPS) is 15.6. The summed E-state index contributed by atoms with van der Waals surface area (Å²) in [5, 5.41) is 3.46. The summed E-state index contributed by atoms with van der Waals surface area (Å²) in [7, 11) is 3.69. The summed E-state index contributed by atoms with van der Waals surface area (Å²) in [6.45, 7) is 5.28. The van der Waals surface area contributed by atoms with Crippen molar-refractivity contribution in [1.29, 1.82) is 0 Å². The molecule has 0 radical (unpaired) electrons. The zero-order valence-corrected chi connectivity index (χ0v) is 18.1. The number of nitrogens with zero attached hydrogens (tertiary/aromatic N) is 2. The van der Waals surface area contributed by atoms with Gasteiger partial charge in [0.15, 0.2) is 0 Å². The van der Waals surface area contributed by atoms with Crippen LogP contribution < -0.4 is 5.32 Å². The van der Waals surface area contributed by atoms with Crippen LogP contribution in [-0.2, 0) is 17.9 Å². The zero-order chi connectivity index (χ0) is 21.1. The van der Waals surface area contributed by atoms with Gasteiger partial charge in [-0.1, -0.05) is 18.2 Å². The summed E-state index contributed by atoms with van der Waals surface area (Å²) in [5.74, 6) is -0.566. The van der Waals surface area contributed by atoms with Gasteiger partial charge in [-0.05, 0) is 36.9 Å². The first-order valence-corrected chi connectivity index (χ1v) is 10.9. The van der Waals surface area contributed by atoms with Gasteiger partial charge in [0.25, 0.3) is 5.91 Å². The van der Waals surface area contributed by atoms with Gasteiger partial charge < -0.3 is 15.0 Å². The van der Waals surface area contributed by atoms with Crippen molar-refractivity contribution in [2.24, 2.45) is 0 Å². The molecule has 5 nitrogen and oxygen atoms in total. The lowest BCUT2D eigenvalue weighted by molar-refractivity contribution is 0.102. The summed E-state index contributed by atoms with van der Waals surface area (Å²) in [4.78, 5) is 18.3. The molecule has 30 heavy (non-hydrogen) atoms. The first-order chi connectivity index (χ1) is 14.5. The van der Waals surface area contributed by atoms with Crippen LogP contribution in [0.2, 0.25) is 0 Å². The van der Waals surface area contributed by atoms with E-state index in [0.717, 1.165) is 48.7 Å². The van der Waals surface area contributed by atoms with E-state index in [1.54, 1.807) is 13.2 Å². The van der Waals surface area contributed by atoms with E-state index >= 15 is 0 Å². The van der Waals surface area contributed by atoms with Crippen molar-refractivity contribution in [3.05, 3.63) is 64.3 Å². The second kappa shape index (κ2) is 9.22. The van der Waals surface area contributed by atoms with Crippen LogP contribution in [0.25, 0.3) is 10.1 Å². The van der Waals surface area contributed by atoms with E-state index in [2.05, 4.69) is 28.2 Å². The SMILES string of the molecule is COCc1c(C(=O)Nc2cccc(CN3CCN(C)CC3)c2)sc2cccc(F)c12. The minimum Gasteiger partial charge on any atom is -0.380 e. The number of likely N-dealkylation sites (N-methyl/N-ethyl adjacent to an activating group) is 1. The number of anilines is 1. The molecule has 1 N–H and O–H groups in total. The molecule has 0 atom stereocenters. The number of benzene rings is 2. The van der Waals surface area contributed by atoms with Crippen LogP contribution >= 0.6 is 11.3 Å². The van der Waals surface area contributed by atoms with Crippen LogP contribution in [0.15, 0.2) is 42.5 Å². The largest absolute Gasteiger partial charge is 0.380 e. The van der Waals surface area contributed by atoms with Gasteiger partial charge >= 0.3 is 0 Å². The van der Waals surface area contributed by atoms with E-state index in [0.29, 0.717) is 15.8 Å². The second-order valence-corrected chi connectivity index (χ2v) is 8.74. The molecule has 0 spiro atoms. The third-order valence-corrected chi connectivity index (χ3v) is 6.64. The number of amides is 1. The van der Waals surface area contributed by atoms with E-state index in [1.165, 1.54) is 17.4 Å². The maximum Gasteiger partial charge on any atom is 0.266 e. The zero-order valence-electron chi connectivity index (χ0n) is 17.3. The lowest BCUT2D eigenvalue weighted by atomic mass is 10.1. The third-order valence-electron chi connectivity index (χ3n) is 5.45. The fraction of sp³-hybridized carbons (Fsp3) is 0.348. The fourth-order valence-corrected chi connectivity index (χ4v) is 4.95. The smallest absolute Gasteiger partial charge is 0.266 e. The van der Waals surface area contributed by atoms with Gasteiger partial charge in [-0.2, -0.15) is 0 Å². The first kappa shape index (κ1) is 20.9. The minimum atomic E-state index is -0.330. The molecular weight excluding hydrogens is 401 g/mol. The number of halogens is 1. The molecule has 3 aromatic rings. The Morgan fingerprint density at radius 1 is 1.17 bits per heavy atom. The van der Waals surface area contributed by atoms with Crippen LogP contribution in [0.5, 0.6) is 0 Å². The molecule has 1 saturated heterocycles. The van der Waals surface area contributed by atoms with Crippen molar-refractivity contribution >= 4 is 33.0 Å². The van der Waals surface area contributed by atoms with Crippen molar-refractivity contribution in [2.45, 2.75) is 13.2 Å². The van der Waals surface area contributed by atoms with Crippen molar-refractivity contribution in [3.8, 4) is 0 Å². The summed E-state index contributed by atoms with van der Waals surface area (Å²) < 4.78 is 20.4. The van der Waals surface area contributed by atoms with Crippen LogP contribution in [0.4, 0.5) is 10.1 Å². The minimum absolute atomic E-state index is 0.188. The van der Waals surface area contributed by atoms with Crippen molar-refractivity contribution in [2.75, 3.05) is 45.7 Å². The Labute approximate surface area is 180 Å². The number of nitrogens with one attached hydrogen (secondary N) is 1. The molecule has 2 aromatic carbocycles. The monoisotopic (exact) mass is 427 g/mol. The topological polar surface area (TPSA) is 44.8 Å². The summed E-state index contributed by atoms with van der Waals surface area (Å²) in [5.41, 5.74) is 2.51. The highest BCUT2D eigenvalue weighted by atomic mass is 32.1. The number of methoxy groups -OCH3 is 1. The highest BCUT2D eigenvalue weighted by Crippen LogP contribution is 2.34. The van der Waals surface area contributed by atoms with E-state index in [1.807, 2.05) is 24.3 Å². The average Bonchev–Trinajstić information content (AvgIpc) is 3.10. The third kappa shape index (κ3) is 4.54. The first-order valence-electron chi connectivity index (χ1n) is 10.0. The number of carbonyl (C=O) groups is 1. The second-order valence-electron chi connectivity index (χ2n) is 7.69. The standard InChI is InChI=1S/C23H26FN3O2S/c1-26-9-11-27(12-10-26)14-16-5-3-6-17(13-16)25-23(28)22-18(15-29-2)21-19(24)7-4-8-20(21)30-22/h3-8,13H,9-12,14-15H2,1-2H3,(H,25,28). The Bertz CT molecular complexity index is 1040. The quantitative estimate of drug-likeness (QED) is 0.641. The number of thiophene rings is 1. The van der Waals surface area contributed by atoms with Gasteiger partial charge in [0, 0.05) is 61.2 Å². The molecule has 4 rings (SSSR count). The Kier molecular flexibility index (Phi) is 6.43. The maximum atomic E-state index is 14.4. The van der Waals surface area contributed by atoms with E-state index in [-0.39, 0.29) is 18.3 Å². The molecule has 1 aliphatic heterocycles. The molecule has 1 fully saturated rings. The molecule has 0 unspecified atom stereocenters. The number of hydrogen-bond acceptors (Lipinski definition) is 5. The highest BCUT2D eigenvalue weighted by molar-refractivity contribution is 7.21. The Balaban J connectivity index is 1.53. The van der Waals surface area contributed by atoms with Gasteiger partial charge in [0.2, 0.25) is 0 Å². The van der Waals surface area contributed by atoms with Gasteiger partial charge in [-0.25, -0.2) is 4.39 Å². The van der Waals surface area contributed by atoms with Gasteiger partial charge in [-0.15, -0.1) is 11.3 Å². The Hall–Kier alpha value is -2.32. The Morgan fingerprint density at radius 3 is 2.70 bits per heavy atom. The summed E-state index contributed by atoms with van der Waals surface area (Å²) in [6.07, 6.45) is 0. The van der Waals surface area contributed by atoms with Gasteiger partial charge in [0.1, 0.15) is 5.82 Å². The van der Waals surface area contributed by atoms with Crippen molar-refractivity contribution < 1.29 is 13.9 Å². The average molecular weight is 428 g/mol. The van der Waals surface area contributed by atoms with Gasteiger partial charge in [0.05, 0.1) is 11.5 Å². The van der Waals surface area contributed by atoms with Crippen LogP contribution in [0.3, 0.4) is 0 Å². The lowest BCUT2D eigenvalue weighted by Crippen LogP contribution is -2.43. The molecule has 158 valence electrons. The number of fused-ring (bicyclic) bond motifs is 1. The summed E-state index contributed by atoms with van der Waals surface area (Å²) in [6, 6.07) is 12.8. The number of piperazine rings is 1. The fourth-order valence-electron chi connectivity index (χ4n) is 3.83. The molecule has 0 aliphatic carbocycles. The molecular formula is C23H26FN3O2S. The number of carbonyl (C=O) groups excluding carboxylic acids is 1. The lowest BCUT2D eigenvalue weighted by Gasteiger charge is -2.32. The van der Waals surface area contributed by atoms with Crippen molar-refractivity contribution in [3.63, 3.8) is 0 Å².